The van der Waals surface area contributed by atoms with Crippen molar-refractivity contribution in [1.29, 1.82) is 0 Å². The molecule has 132 valence electrons. The van der Waals surface area contributed by atoms with Crippen molar-refractivity contribution in [2.24, 2.45) is 0 Å². The van der Waals surface area contributed by atoms with Gasteiger partial charge in [0.2, 0.25) is 0 Å². The maximum Gasteiger partial charge on any atom is 0.341 e. The Hall–Kier alpha value is -2.51. The predicted molar refractivity (Wildman–Crippen MR) is 106 cm³/mol. The highest BCUT2D eigenvalue weighted by atomic mass is 79.9. The molecule has 5 nitrogen and oxygen atoms in total. The summed E-state index contributed by atoms with van der Waals surface area (Å²) < 4.78 is 5.91. The minimum absolute atomic E-state index is 0.304. The van der Waals surface area contributed by atoms with E-state index >= 15 is 0 Å². The van der Waals surface area contributed by atoms with Crippen LogP contribution in [-0.4, -0.2) is 24.0 Å². The zero-order chi connectivity index (χ0) is 18.7. The second kappa shape index (κ2) is 7.80. The lowest BCUT2D eigenvalue weighted by Crippen LogP contribution is -2.14. The molecule has 0 saturated carbocycles. The number of hydrogen-bond donors (Lipinski definition) is 1. The van der Waals surface area contributed by atoms with Crippen molar-refractivity contribution in [3.8, 4) is 11.1 Å². The first-order chi connectivity index (χ1) is 12.5. The molecule has 2 aromatic heterocycles. The summed E-state index contributed by atoms with van der Waals surface area (Å²) in [6.45, 7) is 1.91. The zero-order valence-electron chi connectivity index (χ0n) is 14.1. The van der Waals surface area contributed by atoms with Crippen LogP contribution in [0.25, 0.3) is 11.1 Å². The number of esters is 1. The summed E-state index contributed by atoms with van der Waals surface area (Å²) in [5, 5.41) is 3.29. The van der Waals surface area contributed by atoms with Crippen LogP contribution in [0, 0.1) is 6.92 Å². The van der Waals surface area contributed by atoms with Crippen molar-refractivity contribution >= 4 is 44.1 Å². The number of aryl methyl sites for hydroxylation is 1. The number of nitrogens with zero attached hydrogens (tertiary/aromatic N) is 1. The SMILES string of the molecule is COC(=O)c1c(NC(=O)c2ccncc2)sc(C)c1-c1ccc(Br)cc1. The molecule has 0 aliphatic rings. The van der Waals surface area contributed by atoms with E-state index in [0.717, 1.165) is 20.5 Å². The summed E-state index contributed by atoms with van der Waals surface area (Å²) in [6.07, 6.45) is 3.09. The fourth-order valence-electron chi connectivity index (χ4n) is 2.57. The van der Waals surface area contributed by atoms with E-state index in [1.54, 1.807) is 24.5 Å². The van der Waals surface area contributed by atoms with Crippen molar-refractivity contribution in [1.82, 2.24) is 4.98 Å². The molecule has 3 aromatic rings. The van der Waals surface area contributed by atoms with Gasteiger partial charge in [0.15, 0.2) is 0 Å². The monoisotopic (exact) mass is 430 g/mol. The third-order valence-corrected chi connectivity index (χ3v) is 5.33. The van der Waals surface area contributed by atoms with Crippen LogP contribution < -0.4 is 5.32 Å². The number of anilines is 1. The molecule has 0 saturated heterocycles. The number of pyridine rings is 1. The van der Waals surface area contributed by atoms with Gasteiger partial charge in [0.05, 0.1) is 7.11 Å². The Balaban J connectivity index is 2.06. The summed E-state index contributed by atoms with van der Waals surface area (Å²) >= 11 is 4.76. The van der Waals surface area contributed by atoms with Crippen LogP contribution in [0.1, 0.15) is 25.6 Å². The number of carbonyl (C=O) groups is 2. The Kier molecular flexibility index (Phi) is 5.49. The predicted octanol–water partition coefficient (Wildman–Crippen LogP) is 4.92. The molecule has 0 fully saturated rings. The first kappa shape index (κ1) is 18.3. The van der Waals surface area contributed by atoms with Gasteiger partial charge in [-0.05, 0) is 36.8 Å². The van der Waals surface area contributed by atoms with Crippen LogP contribution in [0.15, 0.2) is 53.3 Å². The Labute approximate surface area is 163 Å². The third kappa shape index (κ3) is 3.68. The molecule has 0 aliphatic heterocycles. The van der Waals surface area contributed by atoms with Crippen LogP contribution in [0.4, 0.5) is 5.00 Å². The van der Waals surface area contributed by atoms with Gasteiger partial charge in [0.25, 0.3) is 5.91 Å². The van der Waals surface area contributed by atoms with Gasteiger partial charge < -0.3 is 10.1 Å². The first-order valence-corrected chi connectivity index (χ1v) is 9.31. The highest BCUT2D eigenvalue weighted by Gasteiger charge is 2.25. The van der Waals surface area contributed by atoms with Crippen LogP contribution in [0.2, 0.25) is 0 Å². The third-order valence-electron chi connectivity index (χ3n) is 3.78. The number of halogens is 1. The Bertz CT molecular complexity index is 953. The topological polar surface area (TPSA) is 68.3 Å². The molecule has 26 heavy (non-hydrogen) atoms. The summed E-state index contributed by atoms with van der Waals surface area (Å²) in [6, 6.07) is 10.9. The quantitative estimate of drug-likeness (QED) is 0.596. The van der Waals surface area contributed by atoms with Gasteiger partial charge in [-0.2, -0.15) is 0 Å². The Morgan fingerprint density at radius 1 is 1.12 bits per heavy atom. The van der Waals surface area contributed by atoms with Crippen LogP contribution in [0.3, 0.4) is 0 Å². The number of carbonyl (C=O) groups excluding carboxylic acids is 2. The van der Waals surface area contributed by atoms with Crippen LogP contribution in [0.5, 0.6) is 0 Å². The number of methoxy groups -OCH3 is 1. The molecular weight excluding hydrogens is 416 g/mol. The van der Waals surface area contributed by atoms with Crippen molar-refractivity contribution in [3.63, 3.8) is 0 Å². The van der Waals surface area contributed by atoms with E-state index in [-0.39, 0.29) is 5.91 Å². The van der Waals surface area contributed by atoms with Gasteiger partial charge in [0, 0.05) is 32.9 Å². The van der Waals surface area contributed by atoms with E-state index < -0.39 is 5.97 Å². The number of thiophene rings is 1. The van der Waals surface area contributed by atoms with E-state index in [1.807, 2.05) is 31.2 Å². The summed E-state index contributed by atoms with van der Waals surface area (Å²) in [5.41, 5.74) is 2.47. The molecule has 0 unspecified atom stereocenters. The van der Waals surface area contributed by atoms with Gasteiger partial charge in [-0.15, -0.1) is 11.3 Å². The number of nitrogens with one attached hydrogen (secondary N) is 1. The average molecular weight is 431 g/mol. The van der Waals surface area contributed by atoms with E-state index in [4.69, 9.17) is 4.74 Å². The fourth-order valence-corrected chi connectivity index (χ4v) is 3.90. The van der Waals surface area contributed by atoms with E-state index in [2.05, 4.69) is 26.2 Å². The zero-order valence-corrected chi connectivity index (χ0v) is 16.5. The van der Waals surface area contributed by atoms with E-state index in [0.29, 0.717) is 16.1 Å². The van der Waals surface area contributed by atoms with Gasteiger partial charge in [-0.3, -0.25) is 9.78 Å². The number of amides is 1. The number of benzene rings is 1. The van der Waals surface area contributed by atoms with Gasteiger partial charge in [-0.1, -0.05) is 28.1 Å². The molecule has 2 heterocycles. The minimum Gasteiger partial charge on any atom is -0.465 e. The van der Waals surface area contributed by atoms with Crippen molar-refractivity contribution in [3.05, 3.63) is 69.3 Å². The lowest BCUT2D eigenvalue weighted by molar-refractivity contribution is 0.0603. The molecule has 0 bridgehead atoms. The number of ether oxygens (including phenoxy) is 1. The maximum absolute atomic E-state index is 12.5. The number of rotatable bonds is 4. The highest BCUT2D eigenvalue weighted by Crippen LogP contribution is 2.40. The maximum atomic E-state index is 12.5. The minimum atomic E-state index is -0.489. The van der Waals surface area contributed by atoms with Crippen LogP contribution in [-0.2, 0) is 4.74 Å². The largest absolute Gasteiger partial charge is 0.465 e. The lowest BCUT2D eigenvalue weighted by Gasteiger charge is -2.08. The summed E-state index contributed by atoms with van der Waals surface area (Å²) in [5.74, 6) is -0.793. The van der Waals surface area contributed by atoms with E-state index in [1.165, 1.54) is 18.4 Å². The van der Waals surface area contributed by atoms with Gasteiger partial charge >= 0.3 is 5.97 Å². The molecule has 0 radical (unpaired) electrons. The molecule has 1 N–H and O–H groups in total. The van der Waals surface area contributed by atoms with Gasteiger partial charge in [-0.25, -0.2) is 4.79 Å². The Morgan fingerprint density at radius 2 is 1.77 bits per heavy atom. The molecule has 7 heteroatoms. The van der Waals surface area contributed by atoms with Crippen molar-refractivity contribution in [2.45, 2.75) is 6.92 Å². The molecule has 0 spiro atoms. The van der Waals surface area contributed by atoms with Crippen LogP contribution >= 0.6 is 27.3 Å². The summed E-state index contributed by atoms with van der Waals surface area (Å²) in [7, 11) is 1.33. The van der Waals surface area contributed by atoms with E-state index in [9.17, 15) is 9.59 Å². The number of aromatic nitrogens is 1. The second-order valence-corrected chi connectivity index (χ2v) is 7.57. The van der Waals surface area contributed by atoms with Crippen molar-refractivity contribution in [2.75, 3.05) is 12.4 Å². The lowest BCUT2D eigenvalue weighted by atomic mass is 10.0. The normalized spacial score (nSPS) is 10.4. The molecule has 0 atom stereocenters. The standard InChI is InChI=1S/C19H15BrN2O3S/c1-11-15(12-3-5-14(20)6-4-12)16(19(24)25-2)18(26-11)22-17(23)13-7-9-21-10-8-13/h3-10H,1-2H3,(H,22,23). The van der Waals surface area contributed by atoms with Gasteiger partial charge in [0.1, 0.15) is 10.6 Å². The molecule has 0 aliphatic carbocycles. The molecular formula is C19H15BrN2O3S. The smallest absolute Gasteiger partial charge is 0.341 e. The highest BCUT2D eigenvalue weighted by molar-refractivity contribution is 9.10. The Morgan fingerprint density at radius 3 is 2.38 bits per heavy atom. The average Bonchev–Trinajstić information content (AvgIpc) is 2.98. The fraction of sp³-hybridized carbons (Fsp3) is 0.105. The summed E-state index contributed by atoms with van der Waals surface area (Å²) in [4.78, 5) is 29.7. The first-order valence-electron chi connectivity index (χ1n) is 7.70. The number of hydrogen-bond acceptors (Lipinski definition) is 5. The molecule has 1 aromatic carbocycles. The molecule has 3 rings (SSSR count). The second-order valence-electron chi connectivity index (χ2n) is 5.43. The van der Waals surface area contributed by atoms with Crippen molar-refractivity contribution < 1.29 is 14.3 Å². The molecule has 1 amide bonds.